The first-order valence-corrected chi connectivity index (χ1v) is 9.80. The SMILES string of the molecule is CCC(NC(=S)NC(=O)c1ccc(OCCC(C)C)cc1)c1ccccc1. The van der Waals surface area contributed by atoms with Gasteiger partial charge < -0.3 is 10.1 Å². The van der Waals surface area contributed by atoms with Crippen molar-refractivity contribution >= 4 is 23.2 Å². The van der Waals surface area contributed by atoms with Crippen LogP contribution in [0.4, 0.5) is 0 Å². The van der Waals surface area contributed by atoms with Crippen LogP contribution in [0.5, 0.6) is 5.75 Å². The highest BCUT2D eigenvalue weighted by atomic mass is 32.1. The molecule has 144 valence electrons. The molecule has 1 unspecified atom stereocenters. The largest absolute Gasteiger partial charge is 0.494 e. The summed E-state index contributed by atoms with van der Waals surface area (Å²) in [6.45, 7) is 7.07. The van der Waals surface area contributed by atoms with Gasteiger partial charge in [0.1, 0.15) is 5.75 Å². The van der Waals surface area contributed by atoms with Crippen molar-refractivity contribution in [2.45, 2.75) is 39.7 Å². The molecule has 0 heterocycles. The van der Waals surface area contributed by atoms with Crippen LogP contribution in [0.15, 0.2) is 54.6 Å². The van der Waals surface area contributed by atoms with E-state index in [2.05, 4.69) is 31.4 Å². The number of thiocarbonyl (C=S) groups is 1. The first-order chi connectivity index (χ1) is 13.0. The Labute approximate surface area is 167 Å². The number of amides is 1. The van der Waals surface area contributed by atoms with E-state index in [-0.39, 0.29) is 11.9 Å². The minimum atomic E-state index is -0.232. The van der Waals surface area contributed by atoms with E-state index in [0.717, 1.165) is 24.2 Å². The van der Waals surface area contributed by atoms with E-state index in [1.54, 1.807) is 12.1 Å². The molecule has 1 amide bonds. The predicted molar refractivity (Wildman–Crippen MR) is 114 cm³/mol. The van der Waals surface area contributed by atoms with Crippen LogP contribution in [0.1, 0.15) is 55.6 Å². The van der Waals surface area contributed by atoms with Gasteiger partial charge in [-0.1, -0.05) is 51.1 Å². The maximum Gasteiger partial charge on any atom is 0.257 e. The van der Waals surface area contributed by atoms with Crippen LogP contribution >= 0.6 is 12.2 Å². The summed E-state index contributed by atoms with van der Waals surface area (Å²) in [7, 11) is 0. The zero-order valence-electron chi connectivity index (χ0n) is 16.2. The molecule has 0 saturated heterocycles. The summed E-state index contributed by atoms with van der Waals surface area (Å²) in [4.78, 5) is 12.4. The summed E-state index contributed by atoms with van der Waals surface area (Å²) in [6.07, 6.45) is 1.87. The van der Waals surface area contributed by atoms with Crippen molar-refractivity contribution in [3.05, 3.63) is 65.7 Å². The Morgan fingerprint density at radius 3 is 2.33 bits per heavy atom. The molecule has 0 aliphatic heterocycles. The van der Waals surface area contributed by atoms with E-state index in [0.29, 0.717) is 23.2 Å². The van der Waals surface area contributed by atoms with Crippen molar-refractivity contribution in [1.82, 2.24) is 10.6 Å². The minimum absolute atomic E-state index is 0.0655. The summed E-state index contributed by atoms with van der Waals surface area (Å²) in [5.74, 6) is 1.14. The van der Waals surface area contributed by atoms with Crippen LogP contribution in [0.25, 0.3) is 0 Å². The van der Waals surface area contributed by atoms with E-state index in [1.807, 2.05) is 42.5 Å². The molecule has 1 atom stereocenters. The van der Waals surface area contributed by atoms with Crippen LogP contribution < -0.4 is 15.4 Å². The van der Waals surface area contributed by atoms with E-state index in [9.17, 15) is 4.79 Å². The zero-order valence-corrected chi connectivity index (χ0v) is 17.0. The highest BCUT2D eigenvalue weighted by molar-refractivity contribution is 7.80. The Morgan fingerprint density at radius 2 is 1.74 bits per heavy atom. The number of carbonyl (C=O) groups is 1. The fourth-order valence-corrected chi connectivity index (χ4v) is 2.83. The fraction of sp³-hybridized carbons (Fsp3) is 0.364. The number of ether oxygens (including phenoxy) is 1. The molecule has 0 aliphatic rings. The van der Waals surface area contributed by atoms with Gasteiger partial charge in [0.25, 0.3) is 5.91 Å². The quantitative estimate of drug-likeness (QED) is 0.638. The zero-order chi connectivity index (χ0) is 19.6. The summed E-state index contributed by atoms with van der Waals surface area (Å²) < 4.78 is 5.68. The molecule has 2 aromatic rings. The van der Waals surface area contributed by atoms with Crippen LogP contribution in [0.3, 0.4) is 0 Å². The molecule has 0 aliphatic carbocycles. The number of hydrogen-bond acceptors (Lipinski definition) is 3. The number of nitrogens with one attached hydrogen (secondary N) is 2. The molecule has 0 aromatic heterocycles. The van der Waals surface area contributed by atoms with Gasteiger partial charge in [-0.2, -0.15) is 0 Å². The molecule has 27 heavy (non-hydrogen) atoms. The summed E-state index contributed by atoms with van der Waals surface area (Å²) in [5.41, 5.74) is 1.68. The number of hydrogen-bond donors (Lipinski definition) is 2. The number of benzene rings is 2. The van der Waals surface area contributed by atoms with Crippen molar-refractivity contribution in [3.63, 3.8) is 0 Å². The molecule has 0 radical (unpaired) electrons. The number of carbonyl (C=O) groups excluding carboxylic acids is 1. The van der Waals surface area contributed by atoms with Crippen molar-refractivity contribution in [2.75, 3.05) is 6.61 Å². The molecule has 0 fully saturated rings. The molecule has 2 rings (SSSR count). The molecule has 0 spiro atoms. The minimum Gasteiger partial charge on any atom is -0.494 e. The second-order valence-corrected chi connectivity index (χ2v) is 7.26. The lowest BCUT2D eigenvalue weighted by Gasteiger charge is -2.19. The maximum atomic E-state index is 12.4. The van der Waals surface area contributed by atoms with Gasteiger partial charge in [0.05, 0.1) is 12.6 Å². The van der Waals surface area contributed by atoms with Gasteiger partial charge in [-0.15, -0.1) is 0 Å². The Kier molecular flexibility index (Phi) is 8.27. The van der Waals surface area contributed by atoms with Gasteiger partial charge in [-0.05, 0) is 60.8 Å². The maximum absolute atomic E-state index is 12.4. The molecule has 5 heteroatoms. The third-order valence-electron chi connectivity index (χ3n) is 4.22. The Balaban J connectivity index is 1.87. The number of rotatable bonds is 8. The van der Waals surface area contributed by atoms with Crippen LogP contribution in [0.2, 0.25) is 0 Å². The van der Waals surface area contributed by atoms with Crippen molar-refractivity contribution < 1.29 is 9.53 Å². The molecule has 0 bridgehead atoms. The fourth-order valence-electron chi connectivity index (χ4n) is 2.59. The normalized spacial score (nSPS) is 11.7. The first kappa shape index (κ1) is 20.9. The predicted octanol–water partition coefficient (Wildman–Crippen LogP) is 4.87. The lowest BCUT2D eigenvalue weighted by atomic mass is 10.1. The highest BCUT2D eigenvalue weighted by Gasteiger charge is 2.13. The molecule has 0 saturated carbocycles. The standard InChI is InChI=1S/C22H28N2O2S/c1-4-20(17-8-6-5-7-9-17)23-22(27)24-21(25)18-10-12-19(13-11-18)26-15-14-16(2)3/h5-13,16,20H,4,14-15H2,1-3H3,(H2,23,24,25,27). The lowest BCUT2D eigenvalue weighted by molar-refractivity contribution is 0.0976. The van der Waals surface area contributed by atoms with Crippen molar-refractivity contribution in [1.29, 1.82) is 0 Å². The van der Waals surface area contributed by atoms with E-state index in [1.165, 1.54) is 0 Å². The third kappa shape index (κ3) is 7.02. The first-order valence-electron chi connectivity index (χ1n) is 9.39. The smallest absolute Gasteiger partial charge is 0.257 e. The van der Waals surface area contributed by atoms with Crippen LogP contribution in [-0.4, -0.2) is 17.6 Å². The van der Waals surface area contributed by atoms with E-state index >= 15 is 0 Å². The highest BCUT2D eigenvalue weighted by Crippen LogP contribution is 2.16. The van der Waals surface area contributed by atoms with E-state index < -0.39 is 0 Å². The van der Waals surface area contributed by atoms with Gasteiger partial charge in [-0.3, -0.25) is 10.1 Å². The van der Waals surface area contributed by atoms with Gasteiger partial charge in [-0.25, -0.2) is 0 Å². The monoisotopic (exact) mass is 384 g/mol. The van der Waals surface area contributed by atoms with E-state index in [4.69, 9.17) is 17.0 Å². The Morgan fingerprint density at radius 1 is 1.07 bits per heavy atom. The van der Waals surface area contributed by atoms with Gasteiger partial charge >= 0.3 is 0 Å². The molecule has 2 aromatic carbocycles. The van der Waals surface area contributed by atoms with Gasteiger partial charge in [0.15, 0.2) is 5.11 Å². The molecular formula is C22H28N2O2S. The molecular weight excluding hydrogens is 356 g/mol. The van der Waals surface area contributed by atoms with Gasteiger partial charge in [0, 0.05) is 5.56 Å². The average molecular weight is 385 g/mol. The average Bonchev–Trinajstić information content (AvgIpc) is 2.67. The van der Waals surface area contributed by atoms with Crippen molar-refractivity contribution in [3.8, 4) is 5.75 Å². The van der Waals surface area contributed by atoms with Crippen molar-refractivity contribution in [2.24, 2.45) is 5.92 Å². The topological polar surface area (TPSA) is 50.4 Å². The third-order valence-corrected chi connectivity index (χ3v) is 4.44. The second-order valence-electron chi connectivity index (χ2n) is 6.85. The second kappa shape index (κ2) is 10.7. The Bertz CT molecular complexity index is 730. The molecule has 4 nitrogen and oxygen atoms in total. The summed E-state index contributed by atoms with van der Waals surface area (Å²) in [6, 6.07) is 17.2. The molecule has 2 N–H and O–H groups in total. The summed E-state index contributed by atoms with van der Waals surface area (Å²) in [5, 5.41) is 6.28. The van der Waals surface area contributed by atoms with Crippen LogP contribution in [0, 0.1) is 5.92 Å². The lowest BCUT2D eigenvalue weighted by Crippen LogP contribution is -2.40. The Hall–Kier alpha value is -2.40. The van der Waals surface area contributed by atoms with Gasteiger partial charge in [0.2, 0.25) is 0 Å². The van der Waals surface area contributed by atoms with Crippen LogP contribution in [-0.2, 0) is 0 Å². The summed E-state index contributed by atoms with van der Waals surface area (Å²) >= 11 is 5.31.